The summed E-state index contributed by atoms with van der Waals surface area (Å²) in [5, 5.41) is 15.6. The van der Waals surface area contributed by atoms with Gasteiger partial charge in [-0.3, -0.25) is 19.9 Å². The Balaban J connectivity index is 1.55. The number of piperazine rings is 1. The minimum absolute atomic E-state index is 0.0704. The van der Waals surface area contributed by atoms with Crippen molar-refractivity contribution in [3.05, 3.63) is 35.0 Å². The highest BCUT2D eigenvalue weighted by Crippen LogP contribution is 2.32. The average Bonchev–Trinajstić information content (AvgIpc) is 2.89. The molecule has 0 saturated carbocycles. The number of hydrogen-bond acceptors (Lipinski definition) is 9. The molecule has 2 aliphatic rings. The van der Waals surface area contributed by atoms with Crippen molar-refractivity contribution in [3.63, 3.8) is 0 Å². The van der Waals surface area contributed by atoms with Crippen LogP contribution < -0.4 is 20.3 Å². The molecule has 0 unspecified atom stereocenters. The number of ether oxygens (including phenoxy) is 1. The molecule has 3 amide bonds. The zero-order valence-electron chi connectivity index (χ0n) is 22.2. The van der Waals surface area contributed by atoms with Gasteiger partial charge >= 0.3 is 6.03 Å². The molecule has 2 aliphatic heterocycles. The normalized spacial score (nSPS) is 16.1. The van der Waals surface area contributed by atoms with Gasteiger partial charge in [0.05, 0.1) is 31.5 Å². The lowest BCUT2D eigenvalue weighted by molar-refractivity contribution is -0.136. The number of aromatic nitrogens is 2. The van der Waals surface area contributed by atoms with E-state index in [2.05, 4.69) is 34.3 Å². The van der Waals surface area contributed by atoms with Gasteiger partial charge in [-0.25, -0.2) is 9.78 Å². The molecular formula is C26H34N8O3S. The van der Waals surface area contributed by atoms with Crippen molar-refractivity contribution in [2.24, 2.45) is 0 Å². The van der Waals surface area contributed by atoms with Gasteiger partial charge < -0.3 is 15.0 Å². The number of aryl methyl sites for hydroxylation is 1. The molecule has 12 heteroatoms. The number of thiol groups is 1. The van der Waals surface area contributed by atoms with E-state index in [0.717, 1.165) is 30.5 Å². The zero-order chi connectivity index (χ0) is 27.4. The van der Waals surface area contributed by atoms with Crippen LogP contribution in [0.25, 0.3) is 0 Å². The number of carbonyl (C=O) groups excluding carboxylic acids is 2. The Morgan fingerprint density at radius 1 is 1.29 bits per heavy atom. The molecule has 0 radical (unpaired) electrons. The van der Waals surface area contributed by atoms with E-state index in [1.165, 1.54) is 6.20 Å². The van der Waals surface area contributed by atoms with Gasteiger partial charge in [-0.15, -0.1) is 0 Å². The average molecular weight is 539 g/mol. The van der Waals surface area contributed by atoms with Crippen molar-refractivity contribution in [2.75, 3.05) is 61.6 Å². The molecule has 0 aliphatic carbocycles. The van der Waals surface area contributed by atoms with Crippen LogP contribution in [0.4, 0.5) is 22.1 Å². The van der Waals surface area contributed by atoms with E-state index in [1.807, 2.05) is 36.8 Å². The van der Waals surface area contributed by atoms with Crippen LogP contribution in [-0.2, 0) is 17.8 Å². The summed E-state index contributed by atoms with van der Waals surface area (Å²) in [4.78, 5) is 40.2. The van der Waals surface area contributed by atoms with Crippen LogP contribution in [-0.4, -0.2) is 83.3 Å². The SMILES string of the molecule is COc1nc2c(cc1CN1CCN(C)CC1=O)CCCN2C(=O)Nc1cc(NC(C)(C)CS)c(C#N)cn1. The molecule has 2 aromatic heterocycles. The number of methoxy groups -OCH3 is 1. The van der Waals surface area contributed by atoms with E-state index >= 15 is 0 Å². The number of nitrogens with one attached hydrogen (secondary N) is 2. The molecule has 0 aromatic carbocycles. The number of hydrogen-bond donors (Lipinski definition) is 3. The lowest BCUT2D eigenvalue weighted by atomic mass is 10.0. The van der Waals surface area contributed by atoms with E-state index in [9.17, 15) is 14.9 Å². The second kappa shape index (κ2) is 11.4. The fourth-order valence-electron chi connectivity index (χ4n) is 4.51. The largest absolute Gasteiger partial charge is 0.481 e. The van der Waals surface area contributed by atoms with E-state index < -0.39 is 0 Å². The number of amides is 3. The van der Waals surface area contributed by atoms with E-state index in [-0.39, 0.29) is 17.5 Å². The van der Waals surface area contributed by atoms with Gasteiger partial charge in [-0.2, -0.15) is 22.9 Å². The third-order valence-corrected chi connectivity index (χ3v) is 7.43. The summed E-state index contributed by atoms with van der Waals surface area (Å²) in [6, 6.07) is 5.39. The van der Waals surface area contributed by atoms with Crippen molar-refractivity contribution in [1.82, 2.24) is 19.8 Å². The molecule has 1 fully saturated rings. The minimum Gasteiger partial charge on any atom is -0.481 e. The van der Waals surface area contributed by atoms with Crippen LogP contribution >= 0.6 is 12.6 Å². The van der Waals surface area contributed by atoms with Crippen molar-refractivity contribution in [3.8, 4) is 11.9 Å². The first-order valence-electron chi connectivity index (χ1n) is 12.5. The molecule has 4 heterocycles. The molecule has 1 saturated heterocycles. The van der Waals surface area contributed by atoms with Crippen LogP contribution in [0.5, 0.6) is 5.88 Å². The summed E-state index contributed by atoms with van der Waals surface area (Å²) in [5.41, 5.74) is 2.32. The fraction of sp³-hybridized carbons (Fsp3) is 0.500. The Morgan fingerprint density at radius 2 is 2.08 bits per heavy atom. The molecule has 202 valence electrons. The molecule has 0 spiro atoms. The molecule has 0 bridgehead atoms. The molecule has 38 heavy (non-hydrogen) atoms. The summed E-state index contributed by atoms with van der Waals surface area (Å²) < 4.78 is 5.58. The summed E-state index contributed by atoms with van der Waals surface area (Å²) in [6.07, 6.45) is 2.97. The van der Waals surface area contributed by atoms with Crippen LogP contribution in [0, 0.1) is 11.3 Å². The van der Waals surface area contributed by atoms with E-state index in [1.54, 1.807) is 18.1 Å². The van der Waals surface area contributed by atoms with Crippen molar-refractivity contribution in [1.29, 1.82) is 5.26 Å². The van der Waals surface area contributed by atoms with Crippen LogP contribution in [0.2, 0.25) is 0 Å². The maximum absolute atomic E-state index is 13.4. The van der Waals surface area contributed by atoms with Crippen LogP contribution in [0.3, 0.4) is 0 Å². The molecule has 2 aromatic rings. The number of fused-ring (bicyclic) bond motifs is 1. The first-order valence-corrected chi connectivity index (χ1v) is 13.2. The smallest absolute Gasteiger partial charge is 0.328 e. The minimum atomic E-state index is -0.376. The van der Waals surface area contributed by atoms with Crippen molar-refractivity contribution < 1.29 is 14.3 Å². The Morgan fingerprint density at radius 3 is 2.76 bits per heavy atom. The number of nitrogens with zero attached hydrogens (tertiary/aromatic N) is 6. The van der Waals surface area contributed by atoms with E-state index in [0.29, 0.717) is 60.7 Å². The third-order valence-electron chi connectivity index (χ3n) is 6.64. The van der Waals surface area contributed by atoms with Gasteiger partial charge in [0.2, 0.25) is 11.8 Å². The molecular weight excluding hydrogens is 504 g/mol. The first kappa shape index (κ1) is 27.5. The van der Waals surface area contributed by atoms with Gasteiger partial charge in [-0.05, 0) is 45.4 Å². The number of urea groups is 1. The summed E-state index contributed by atoms with van der Waals surface area (Å²) in [6.45, 7) is 6.68. The van der Waals surface area contributed by atoms with Crippen molar-refractivity contribution in [2.45, 2.75) is 38.8 Å². The Labute approximate surface area is 228 Å². The second-order valence-electron chi connectivity index (χ2n) is 10.3. The third kappa shape index (κ3) is 6.11. The number of nitriles is 1. The fourth-order valence-corrected chi connectivity index (χ4v) is 4.59. The number of anilines is 3. The predicted molar refractivity (Wildman–Crippen MR) is 149 cm³/mol. The molecule has 4 rings (SSSR count). The molecule has 11 nitrogen and oxygen atoms in total. The van der Waals surface area contributed by atoms with Gasteiger partial charge in [-0.1, -0.05) is 0 Å². The van der Waals surface area contributed by atoms with Gasteiger partial charge in [0.1, 0.15) is 17.7 Å². The highest BCUT2D eigenvalue weighted by Gasteiger charge is 2.29. The monoisotopic (exact) mass is 538 g/mol. The van der Waals surface area contributed by atoms with Gasteiger partial charge in [0.15, 0.2) is 0 Å². The topological polar surface area (TPSA) is 127 Å². The maximum Gasteiger partial charge on any atom is 0.328 e. The van der Waals surface area contributed by atoms with Crippen molar-refractivity contribution >= 4 is 41.9 Å². The molecule has 2 N–H and O–H groups in total. The molecule has 0 atom stereocenters. The predicted octanol–water partition coefficient (Wildman–Crippen LogP) is 2.74. The quantitative estimate of drug-likeness (QED) is 0.460. The number of pyridine rings is 2. The van der Waals surface area contributed by atoms with E-state index in [4.69, 9.17) is 9.72 Å². The summed E-state index contributed by atoms with van der Waals surface area (Å²) in [7, 11) is 3.47. The number of carbonyl (C=O) groups is 2. The lowest BCUT2D eigenvalue weighted by Crippen LogP contribution is -2.48. The van der Waals surface area contributed by atoms with Crippen LogP contribution in [0.1, 0.15) is 37.0 Å². The standard InChI is InChI=1S/C26H34N8O3S/c1-26(2,16-38)31-20-11-21(28-13-19(20)12-27)29-25(36)34-7-5-6-17-10-18(24(37-4)30-23(17)34)14-33-9-8-32(3)15-22(33)35/h10-11,13,38H,5-9,14-16H2,1-4H3,(H2,28,29,31,36). The first-order chi connectivity index (χ1) is 18.1. The Bertz CT molecular complexity index is 1260. The van der Waals surface area contributed by atoms with Gasteiger partial charge in [0, 0.05) is 48.8 Å². The lowest BCUT2D eigenvalue weighted by Gasteiger charge is -2.33. The van der Waals surface area contributed by atoms with Gasteiger partial charge in [0.25, 0.3) is 0 Å². The number of likely N-dealkylation sites (N-methyl/N-ethyl adjacent to an activating group) is 1. The highest BCUT2D eigenvalue weighted by molar-refractivity contribution is 7.80. The highest BCUT2D eigenvalue weighted by atomic mass is 32.1. The maximum atomic E-state index is 13.4. The Hall–Kier alpha value is -3.56. The Kier molecular flexibility index (Phi) is 8.28. The number of rotatable bonds is 7. The van der Waals surface area contributed by atoms with Crippen LogP contribution in [0.15, 0.2) is 18.3 Å². The zero-order valence-corrected chi connectivity index (χ0v) is 23.1. The summed E-state index contributed by atoms with van der Waals surface area (Å²) in [5.74, 6) is 1.86. The second-order valence-corrected chi connectivity index (χ2v) is 10.6. The summed E-state index contributed by atoms with van der Waals surface area (Å²) >= 11 is 4.36.